The van der Waals surface area contributed by atoms with Crippen LogP contribution in [0.3, 0.4) is 0 Å². The van der Waals surface area contributed by atoms with Crippen molar-refractivity contribution in [2.45, 2.75) is 199 Å². The van der Waals surface area contributed by atoms with E-state index in [-0.39, 0.29) is 19.4 Å². The van der Waals surface area contributed by atoms with E-state index in [0.29, 0.717) is 12.8 Å². The fraction of sp³-hybridized carbons (Fsp3) is 0.714. The average Bonchev–Trinajstić information content (AvgIpc) is 3.24. The minimum Gasteiger partial charge on any atom is -0.462 e. The molecule has 1 unspecified atom stereocenters. The molecule has 0 radical (unpaired) electrons. The normalized spacial score (nSPS) is 14.4. The van der Waals surface area contributed by atoms with E-state index in [1.54, 1.807) is 0 Å². The van der Waals surface area contributed by atoms with Crippen LogP contribution in [0, 0.1) is 0 Å². The SMILES string of the molecule is CC/C=C\C/C=C\C/C=C\C/C=C\C/C=C\C/C=C\CCC(=O)OC[C@H](COP(=O)(O)OC[C@@H](O)CO)OC(=O)CCCCCCCCCCCCCCCCCCCC. The maximum atomic E-state index is 12.6. The molecule has 10 nitrogen and oxygen atoms in total. The van der Waals surface area contributed by atoms with Crippen LogP contribution in [-0.4, -0.2) is 65.7 Å². The molecule has 346 valence electrons. The molecule has 0 saturated heterocycles. The molecule has 0 aliphatic heterocycles. The zero-order valence-electron chi connectivity index (χ0n) is 37.6. The van der Waals surface area contributed by atoms with Crippen LogP contribution in [0.15, 0.2) is 72.9 Å². The van der Waals surface area contributed by atoms with Crippen molar-refractivity contribution in [3.63, 3.8) is 0 Å². The Labute approximate surface area is 365 Å². The summed E-state index contributed by atoms with van der Waals surface area (Å²) < 4.78 is 32.7. The van der Waals surface area contributed by atoms with Crippen molar-refractivity contribution < 1.29 is 47.8 Å². The van der Waals surface area contributed by atoms with Crippen molar-refractivity contribution >= 4 is 19.8 Å². The molecule has 60 heavy (non-hydrogen) atoms. The first-order chi connectivity index (χ1) is 29.2. The van der Waals surface area contributed by atoms with Gasteiger partial charge in [0.1, 0.15) is 12.7 Å². The van der Waals surface area contributed by atoms with E-state index in [2.05, 4.69) is 74.6 Å². The number of unbranched alkanes of at least 4 members (excludes halogenated alkanes) is 17. The minimum absolute atomic E-state index is 0.115. The van der Waals surface area contributed by atoms with Crippen LogP contribution < -0.4 is 0 Å². The van der Waals surface area contributed by atoms with Crippen LogP contribution in [0.1, 0.15) is 187 Å². The molecular weight excluding hydrogens is 780 g/mol. The second-order valence-corrected chi connectivity index (χ2v) is 16.9. The second kappa shape index (κ2) is 44.5. The third-order valence-electron chi connectivity index (χ3n) is 9.64. The van der Waals surface area contributed by atoms with Gasteiger partial charge in [0.25, 0.3) is 0 Å². The molecule has 0 aliphatic rings. The number of aliphatic hydroxyl groups excluding tert-OH is 2. The molecule has 3 N–H and O–H groups in total. The number of hydrogen-bond acceptors (Lipinski definition) is 9. The zero-order valence-corrected chi connectivity index (χ0v) is 38.5. The summed E-state index contributed by atoms with van der Waals surface area (Å²) in [5.74, 6) is -1.02. The Kier molecular flexibility index (Phi) is 42.5. The Morgan fingerprint density at radius 2 is 0.917 bits per heavy atom. The van der Waals surface area contributed by atoms with E-state index in [4.69, 9.17) is 23.6 Å². The molecular formula is C49H85O10P. The van der Waals surface area contributed by atoms with Gasteiger partial charge in [0.05, 0.1) is 19.8 Å². The van der Waals surface area contributed by atoms with Gasteiger partial charge in [-0.15, -0.1) is 0 Å². The molecule has 0 fully saturated rings. The predicted molar refractivity (Wildman–Crippen MR) is 247 cm³/mol. The summed E-state index contributed by atoms with van der Waals surface area (Å²) in [5.41, 5.74) is 0. The number of carbonyl (C=O) groups is 2. The third-order valence-corrected chi connectivity index (χ3v) is 10.6. The number of aliphatic hydroxyl groups is 2. The molecule has 0 aromatic heterocycles. The summed E-state index contributed by atoms with van der Waals surface area (Å²) in [6.45, 7) is 2.20. The lowest BCUT2D eigenvalue weighted by atomic mass is 10.0. The molecule has 0 aromatic rings. The smallest absolute Gasteiger partial charge is 0.462 e. The maximum Gasteiger partial charge on any atom is 0.472 e. The summed E-state index contributed by atoms with van der Waals surface area (Å²) in [7, 11) is -4.64. The Morgan fingerprint density at radius 3 is 1.35 bits per heavy atom. The number of phosphoric acid groups is 1. The van der Waals surface area contributed by atoms with Crippen molar-refractivity contribution in [2.24, 2.45) is 0 Å². The lowest BCUT2D eigenvalue weighted by Gasteiger charge is -2.20. The highest BCUT2D eigenvalue weighted by atomic mass is 31.2. The average molecular weight is 865 g/mol. The van der Waals surface area contributed by atoms with Gasteiger partial charge in [-0.05, 0) is 51.4 Å². The first kappa shape index (κ1) is 57.4. The zero-order chi connectivity index (χ0) is 44.0. The van der Waals surface area contributed by atoms with Crippen LogP contribution in [0.5, 0.6) is 0 Å². The predicted octanol–water partition coefficient (Wildman–Crippen LogP) is 12.8. The van der Waals surface area contributed by atoms with Crippen LogP contribution >= 0.6 is 7.82 Å². The first-order valence-corrected chi connectivity index (χ1v) is 24.9. The lowest BCUT2D eigenvalue weighted by molar-refractivity contribution is -0.161. The van der Waals surface area contributed by atoms with Gasteiger partial charge in [-0.25, -0.2) is 4.57 Å². The van der Waals surface area contributed by atoms with Gasteiger partial charge >= 0.3 is 19.8 Å². The van der Waals surface area contributed by atoms with Crippen molar-refractivity contribution in [3.8, 4) is 0 Å². The quantitative estimate of drug-likeness (QED) is 0.0234. The highest BCUT2D eigenvalue weighted by Gasteiger charge is 2.27. The Bertz CT molecular complexity index is 1220. The molecule has 0 spiro atoms. The molecule has 0 aromatic carbocycles. The van der Waals surface area contributed by atoms with Gasteiger partial charge in [0.15, 0.2) is 6.10 Å². The van der Waals surface area contributed by atoms with E-state index >= 15 is 0 Å². The van der Waals surface area contributed by atoms with Gasteiger partial charge in [-0.1, -0.05) is 196 Å². The van der Waals surface area contributed by atoms with Crippen molar-refractivity contribution in [2.75, 3.05) is 26.4 Å². The summed E-state index contributed by atoms with van der Waals surface area (Å²) in [6, 6.07) is 0. The second-order valence-electron chi connectivity index (χ2n) is 15.4. The molecule has 0 rings (SSSR count). The molecule has 0 heterocycles. The first-order valence-electron chi connectivity index (χ1n) is 23.4. The van der Waals surface area contributed by atoms with Crippen LogP contribution in [0.4, 0.5) is 0 Å². The lowest BCUT2D eigenvalue weighted by Crippen LogP contribution is -2.29. The summed E-state index contributed by atoms with van der Waals surface area (Å²) in [4.78, 5) is 35.0. The van der Waals surface area contributed by atoms with Gasteiger partial charge < -0.3 is 24.6 Å². The van der Waals surface area contributed by atoms with Gasteiger partial charge in [-0.2, -0.15) is 0 Å². The Morgan fingerprint density at radius 1 is 0.517 bits per heavy atom. The number of phosphoric ester groups is 1. The van der Waals surface area contributed by atoms with E-state index in [0.717, 1.165) is 57.8 Å². The highest BCUT2D eigenvalue weighted by Crippen LogP contribution is 2.43. The maximum absolute atomic E-state index is 12.6. The number of carbonyl (C=O) groups excluding carboxylic acids is 2. The van der Waals surface area contributed by atoms with Crippen molar-refractivity contribution in [3.05, 3.63) is 72.9 Å². The van der Waals surface area contributed by atoms with Gasteiger partial charge in [-0.3, -0.25) is 18.6 Å². The number of hydrogen-bond donors (Lipinski definition) is 3. The van der Waals surface area contributed by atoms with Crippen LogP contribution in [0.25, 0.3) is 0 Å². The topological polar surface area (TPSA) is 149 Å². The summed E-state index contributed by atoms with van der Waals surface area (Å²) >= 11 is 0. The minimum atomic E-state index is -4.64. The molecule has 0 amide bonds. The van der Waals surface area contributed by atoms with E-state index < -0.39 is 51.8 Å². The molecule has 0 aliphatic carbocycles. The number of ether oxygens (including phenoxy) is 2. The van der Waals surface area contributed by atoms with Gasteiger partial charge in [0.2, 0.25) is 0 Å². The van der Waals surface area contributed by atoms with Crippen molar-refractivity contribution in [1.29, 1.82) is 0 Å². The monoisotopic (exact) mass is 865 g/mol. The molecule has 0 bridgehead atoms. The molecule has 11 heteroatoms. The number of esters is 2. The largest absolute Gasteiger partial charge is 0.472 e. The summed E-state index contributed by atoms with van der Waals surface area (Å²) in [6.07, 6.45) is 51.7. The van der Waals surface area contributed by atoms with E-state index in [9.17, 15) is 24.2 Å². The fourth-order valence-electron chi connectivity index (χ4n) is 6.08. The van der Waals surface area contributed by atoms with E-state index in [1.807, 2.05) is 12.2 Å². The third kappa shape index (κ3) is 43.5. The number of rotatable bonds is 43. The standard InChI is InChI=1S/C49H85O10P/c1-3-5-7-9-11-13-15-17-19-21-23-25-26-28-30-32-34-36-38-40-48(52)56-44-47(45-58-60(54,55)57-43-46(51)42-50)59-49(53)41-39-37-35-33-31-29-27-24-22-20-18-16-14-12-10-8-6-4-2/h5,7,11,13,17,19,23,25,28,30,34,36,46-47,50-51H,3-4,6,8-10,12,14-16,18,20-22,24,26-27,29,31-33,35,37-45H2,1-2H3,(H,54,55)/b7-5-,13-11-,19-17-,25-23-,30-28-,36-34-/t46-,47+/m0/s1. The Balaban J connectivity index is 4.36. The van der Waals surface area contributed by atoms with Crippen molar-refractivity contribution in [1.82, 2.24) is 0 Å². The Hall–Kier alpha value is -2.59. The van der Waals surface area contributed by atoms with Gasteiger partial charge in [0, 0.05) is 12.8 Å². The molecule has 3 atom stereocenters. The number of allylic oxidation sites excluding steroid dienone is 12. The summed E-state index contributed by atoms with van der Waals surface area (Å²) in [5, 5.41) is 18.4. The van der Waals surface area contributed by atoms with E-state index in [1.165, 1.54) is 89.9 Å². The highest BCUT2D eigenvalue weighted by molar-refractivity contribution is 7.47. The van der Waals surface area contributed by atoms with Crippen LogP contribution in [0.2, 0.25) is 0 Å². The fourth-order valence-corrected chi connectivity index (χ4v) is 6.87. The van der Waals surface area contributed by atoms with Crippen LogP contribution in [-0.2, 0) is 32.7 Å². The molecule has 0 saturated carbocycles.